The zero-order valence-corrected chi connectivity index (χ0v) is 13.3. The van der Waals surface area contributed by atoms with Crippen LogP contribution in [0.2, 0.25) is 5.02 Å². The van der Waals surface area contributed by atoms with E-state index in [0.717, 1.165) is 29.8 Å². The Morgan fingerprint density at radius 1 is 1.05 bits per heavy atom. The van der Waals surface area contributed by atoms with Crippen LogP contribution < -0.4 is 0 Å². The Balaban J connectivity index is 2.03. The average Bonchev–Trinajstić information content (AvgIpc) is 2.85. The first kappa shape index (κ1) is 14.4. The smallest absolute Gasteiger partial charge is 0.125 e. The van der Waals surface area contributed by atoms with Gasteiger partial charge in [0, 0.05) is 11.6 Å². The average molecular weight is 319 g/mol. The molecular weight excluding hydrogens is 303 g/mol. The maximum Gasteiger partial charge on any atom is 0.125 e. The van der Waals surface area contributed by atoms with Crippen molar-refractivity contribution in [3.8, 4) is 0 Å². The van der Waals surface area contributed by atoms with Gasteiger partial charge in [0.1, 0.15) is 5.82 Å². The maximum absolute atomic E-state index is 6.11. The maximum atomic E-state index is 6.11. The molecule has 108 valence electrons. The number of imidazole rings is 1. The van der Waals surface area contributed by atoms with E-state index in [1.54, 1.807) is 0 Å². The van der Waals surface area contributed by atoms with Crippen molar-refractivity contribution in [2.75, 3.05) is 0 Å². The lowest BCUT2D eigenvalue weighted by atomic mass is 10.1. The monoisotopic (exact) mass is 318 g/mol. The molecule has 1 heterocycles. The zero-order chi connectivity index (χ0) is 14.8. The summed E-state index contributed by atoms with van der Waals surface area (Å²) in [6.45, 7) is 2.91. The normalized spacial score (nSPS) is 11.2. The van der Waals surface area contributed by atoms with E-state index in [2.05, 4.69) is 40.7 Å². The van der Waals surface area contributed by atoms with Gasteiger partial charge in [0.25, 0.3) is 0 Å². The number of fused-ring (bicyclic) bond motifs is 1. The van der Waals surface area contributed by atoms with Gasteiger partial charge < -0.3 is 4.57 Å². The Labute approximate surface area is 134 Å². The largest absolute Gasteiger partial charge is 0.322 e. The Morgan fingerprint density at radius 3 is 2.43 bits per heavy atom. The fourth-order valence-corrected chi connectivity index (χ4v) is 2.86. The van der Waals surface area contributed by atoms with E-state index >= 15 is 0 Å². The molecule has 0 atom stereocenters. The molecule has 0 radical (unpaired) electrons. The van der Waals surface area contributed by atoms with Crippen LogP contribution in [0.3, 0.4) is 0 Å². The highest BCUT2D eigenvalue weighted by atomic mass is 35.5. The summed E-state index contributed by atoms with van der Waals surface area (Å²) in [4.78, 5) is 4.57. The number of hydrogen-bond acceptors (Lipinski definition) is 1. The number of rotatable bonds is 4. The lowest BCUT2D eigenvalue weighted by Gasteiger charge is -2.09. The van der Waals surface area contributed by atoms with Crippen molar-refractivity contribution < 1.29 is 0 Å². The van der Waals surface area contributed by atoms with Crippen LogP contribution >= 0.6 is 23.2 Å². The van der Waals surface area contributed by atoms with Crippen molar-refractivity contribution in [3.63, 3.8) is 0 Å². The number of alkyl halides is 1. The SMILES string of the molecule is CCc1ccc(Cn2c(CCl)nc3ccc(Cl)cc32)cc1. The second-order valence-corrected chi connectivity index (χ2v) is 5.75. The number of halogens is 2. The molecule has 0 aliphatic rings. The summed E-state index contributed by atoms with van der Waals surface area (Å²) in [5.74, 6) is 1.26. The summed E-state index contributed by atoms with van der Waals surface area (Å²) < 4.78 is 2.13. The summed E-state index contributed by atoms with van der Waals surface area (Å²) in [5.41, 5.74) is 4.53. The predicted octanol–water partition coefficient (Wildman–Crippen LogP) is 5.04. The minimum atomic E-state index is 0.388. The molecular formula is C17H16Cl2N2. The highest BCUT2D eigenvalue weighted by Gasteiger charge is 2.10. The molecule has 0 amide bonds. The van der Waals surface area contributed by atoms with Crippen LogP contribution in [-0.4, -0.2) is 9.55 Å². The van der Waals surface area contributed by atoms with Crippen molar-refractivity contribution in [2.24, 2.45) is 0 Å². The van der Waals surface area contributed by atoms with E-state index in [-0.39, 0.29) is 0 Å². The standard InChI is InChI=1S/C17H16Cl2N2/c1-2-12-3-5-13(6-4-12)11-21-16-9-14(19)7-8-15(16)20-17(21)10-18/h3-9H,2,10-11H2,1H3. The lowest BCUT2D eigenvalue weighted by molar-refractivity contribution is 0.778. The molecule has 1 aromatic heterocycles. The fourth-order valence-electron chi connectivity index (χ4n) is 2.49. The topological polar surface area (TPSA) is 17.8 Å². The molecule has 0 saturated heterocycles. The quantitative estimate of drug-likeness (QED) is 0.616. The van der Waals surface area contributed by atoms with Gasteiger partial charge >= 0.3 is 0 Å². The first-order valence-electron chi connectivity index (χ1n) is 6.99. The van der Waals surface area contributed by atoms with Crippen molar-refractivity contribution in [1.82, 2.24) is 9.55 Å². The third-order valence-electron chi connectivity index (χ3n) is 3.68. The van der Waals surface area contributed by atoms with Crippen LogP contribution in [0.15, 0.2) is 42.5 Å². The van der Waals surface area contributed by atoms with Gasteiger partial charge in [-0.15, -0.1) is 11.6 Å². The number of nitrogens with zero attached hydrogens (tertiary/aromatic N) is 2. The Morgan fingerprint density at radius 2 is 1.76 bits per heavy atom. The minimum absolute atomic E-state index is 0.388. The van der Waals surface area contributed by atoms with E-state index in [1.165, 1.54) is 11.1 Å². The fraction of sp³-hybridized carbons (Fsp3) is 0.235. The molecule has 4 heteroatoms. The van der Waals surface area contributed by atoms with Crippen LogP contribution in [0.25, 0.3) is 11.0 Å². The van der Waals surface area contributed by atoms with E-state index in [9.17, 15) is 0 Å². The number of aromatic nitrogens is 2. The number of aryl methyl sites for hydroxylation is 1. The lowest BCUT2D eigenvalue weighted by Crippen LogP contribution is -2.04. The van der Waals surface area contributed by atoms with Gasteiger partial charge in [-0.05, 0) is 35.7 Å². The summed E-state index contributed by atoms with van der Waals surface area (Å²) >= 11 is 12.2. The van der Waals surface area contributed by atoms with Gasteiger partial charge in [0.05, 0.1) is 16.9 Å². The number of benzene rings is 2. The molecule has 0 aliphatic carbocycles. The second kappa shape index (κ2) is 6.08. The predicted molar refractivity (Wildman–Crippen MR) is 89.2 cm³/mol. The first-order valence-corrected chi connectivity index (χ1v) is 7.91. The molecule has 0 bridgehead atoms. The third-order valence-corrected chi connectivity index (χ3v) is 4.15. The second-order valence-electron chi connectivity index (χ2n) is 5.05. The summed E-state index contributed by atoms with van der Waals surface area (Å²) in [5, 5.41) is 0.714. The van der Waals surface area contributed by atoms with Gasteiger partial charge in [-0.2, -0.15) is 0 Å². The van der Waals surface area contributed by atoms with Gasteiger partial charge in [-0.1, -0.05) is 42.8 Å². The zero-order valence-electron chi connectivity index (χ0n) is 11.8. The minimum Gasteiger partial charge on any atom is -0.322 e. The number of hydrogen-bond donors (Lipinski definition) is 0. The molecule has 0 unspecified atom stereocenters. The Kier molecular flexibility index (Phi) is 4.18. The molecule has 0 N–H and O–H groups in total. The molecule has 2 aromatic carbocycles. The molecule has 0 saturated carbocycles. The van der Waals surface area contributed by atoms with Crippen LogP contribution in [0.1, 0.15) is 23.9 Å². The highest BCUT2D eigenvalue weighted by molar-refractivity contribution is 6.31. The Hall–Kier alpha value is -1.51. The van der Waals surface area contributed by atoms with E-state index in [0.29, 0.717) is 10.9 Å². The van der Waals surface area contributed by atoms with Crippen LogP contribution in [0.5, 0.6) is 0 Å². The van der Waals surface area contributed by atoms with Gasteiger partial charge in [0.15, 0.2) is 0 Å². The van der Waals surface area contributed by atoms with Crippen LogP contribution in [0.4, 0.5) is 0 Å². The van der Waals surface area contributed by atoms with Crippen molar-refractivity contribution in [3.05, 3.63) is 64.4 Å². The molecule has 3 aromatic rings. The Bertz CT molecular complexity index is 760. The molecule has 0 spiro atoms. The van der Waals surface area contributed by atoms with Crippen LogP contribution in [-0.2, 0) is 18.8 Å². The van der Waals surface area contributed by atoms with Crippen LogP contribution in [0, 0.1) is 0 Å². The van der Waals surface area contributed by atoms with Gasteiger partial charge in [0.2, 0.25) is 0 Å². The van der Waals surface area contributed by atoms with Crippen molar-refractivity contribution in [1.29, 1.82) is 0 Å². The summed E-state index contributed by atoms with van der Waals surface area (Å²) in [6, 6.07) is 14.4. The molecule has 0 aliphatic heterocycles. The highest BCUT2D eigenvalue weighted by Crippen LogP contribution is 2.23. The van der Waals surface area contributed by atoms with E-state index in [1.807, 2.05) is 18.2 Å². The summed E-state index contributed by atoms with van der Waals surface area (Å²) in [6.07, 6.45) is 1.05. The first-order chi connectivity index (χ1) is 10.2. The molecule has 21 heavy (non-hydrogen) atoms. The van der Waals surface area contributed by atoms with Crippen molar-refractivity contribution in [2.45, 2.75) is 25.8 Å². The molecule has 0 fully saturated rings. The third kappa shape index (κ3) is 2.92. The molecule has 2 nitrogen and oxygen atoms in total. The molecule has 3 rings (SSSR count). The van der Waals surface area contributed by atoms with E-state index in [4.69, 9.17) is 23.2 Å². The van der Waals surface area contributed by atoms with Gasteiger partial charge in [-0.25, -0.2) is 4.98 Å². The van der Waals surface area contributed by atoms with E-state index < -0.39 is 0 Å². The van der Waals surface area contributed by atoms with Gasteiger partial charge in [-0.3, -0.25) is 0 Å². The van der Waals surface area contributed by atoms with Crippen molar-refractivity contribution >= 4 is 34.2 Å². The summed E-state index contributed by atoms with van der Waals surface area (Å²) in [7, 11) is 0.